The quantitative estimate of drug-likeness (QED) is 0.157. The van der Waals surface area contributed by atoms with Crippen LogP contribution in [-0.4, -0.2) is 29.2 Å². The molecule has 1 aliphatic rings. The normalized spacial score (nSPS) is 15.0. The first-order chi connectivity index (χ1) is 20.1. The van der Waals surface area contributed by atoms with Crippen LogP contribution in [0.5, 0.6) is 5.75 Å². The van der Waals surface area contributed by atoms with Gasteiger partial charge >= 0.3 is 6.18 Å². The Kier molecular flexibility index (Phi) is 11.2. The van der Waals surface area contributed by atoms with Crippen molar-refractivity contribution in [1.82, 2.24) is 4.90 Å². The summed E-state index contributed by atoms with van der Waals surface area (Å²) in [5.41, 5.74) is 1.91. The highest BCUT2D eigenvalue weighted by Crippen LogP contribution is 2.37. The van der Waals surface area contributed by atoms with Crippen LogP contribution in [0.3, 0.4) is 0 Å². The molecular weight excluding hydrogens is 586 g/mol. The van der Waals surface area contributed by atoms with Crippen LogP contribution in [0.15, 0.2) is 89.4 Å². The van der Waals surface area contributed by atoms with E-state index in [0.717, 1.165) is 30.0 Å². The summed E-state index contributed by atoms with van der Waals surface area (Å²) in [6.45, 7) is 2.61. The number of hydrogen-bond acceptors (Lipinski definition) is 4. The van der Waals surface area contributed by atoms with Crippen molar-refractivity contribution in [3.05, 3.63) is 118 Å². The summed E-state index contributed by atoms with van der Waals surface area (Å²) < 4.78 is 61.2. The van der Waals surface area contributed by atoms with E-state index in [2.05, 4.69) is 47.9 Å². The number of thiol groups is 1. The smallest absolute Gasteiger partial charge is 0.417 e. The lowest BCUT2D eigenvalue weighted by molar-refractivity contribution is -0.137. The molecule has 2 atom stereocenters. The fraction of sp³-hybridized carbons (Fsp3) is 0.333. The summed E-state index contributed by atoms with van der Waals surface area (Å²) in [5, 5.41) is 9.05. The minimum Gasteiger partial charge on any atom is -0.491 e. The number of nitrogens with zero attached hydrogens (tertiary/aromatic N) is 1. The maximum atomic E-state index is 14.4. The molecule has 3 nitrogen and oxygen atoms in total. The van der Waals surface area contributed by atoms with Crippen LogP contribution in [0.4, 0.5) is 17.6 Å². The van der Waals surface area contributed by atoms with Gasteiger partial charge in [-0.25, -0.2) is 4.39 Å². The lowest BCUT2D eigenvalue weighted by Crippen LogP contribution is -2.32. The molecule has 3 aromatic carbocycles. The van der Waals surface area contributed by atoms with Crippen molar-refractivity contribution < 1.29 is 27.4 Å². The zero-order valence-electron chi connectivity index (χ0n) is 23.2. The fourth-order valence-corrected chi connectivity index (χ4v) is 5.71. The third-order valence-electron chi connectivity index (χ3n) is 7.34. The van der Waals surface area contributed by atoms with Crippen LogP contribution in [-0.2, 0) is 19.3 Å². The SMILES string of the molecule is C[C@@H](CCN(Cc1cccc(C(F)(F)F)c1Cl)CC(C1=CCCC=C1)c1ccccc1)Oc1cc(F)c(CO)c(S)c1. The van der Waals surface area contributed by atoms with E-state index in [0.29, 0.717) is 30.0 Å². The van der Waals surface area contributed by atoms with E-state index in [4.69, 9.17) is 16.3 Å². The molecular formula is C33H34ClF4NO2S. The average Bonchev–Trinajstić information content (AvgIpc) is 2.95. The molecule has 0 aromatic heterocycles. The van der Waals surface area contributed by atoms with Gasteiger partial charge in [-0.2, -0.15) is 13.2 Å². The van der Waals surface area contributed by atoms with Crippen LogP contribution >= 0.6 is 24.2 Å². The number of aliphatic hydroxyl groups is 1. The van der Waals surface area contributed by atoms with Gasteiger partial charge in [-0.1, -0.05) is 72.3 Å². The van der Waals surface area contributed by atoms with Gasteiger partial charge in [-0.15, -0.1) is 12.6 Å². The van der Waals surface area contributed by atoms with E-state index in [-0.39, 0.29) is 34.9 Å². The van der Waals surface area contributed by atoms with E-state index in [9.17, 15) is 22.7 Å². The van der Waals surface area contributed by atoms with E-state index in [1.165, 1.54) is 12.1 Å². The van der Waals surface area contributed by atoms with Gasteiger partial charge in [0.1, 0.15) is 11.6 Å². The van der Waals surface area contributed by atoms with Gasteiger partial charge in [0.15, 0.2) is 0 Å². The van der Waals surface area contributed by atoms with Crippen LogP contribution in [0, 0.1) is 5.82 Å². The van der Waals surface area contributed by atoms with E-state index >= 15 is 0 Å². The first-order valence-corrected chi connectivity index (χ1v) is 14.7. The third-order valence-corrected chi connectivity index (χ3v) is 8.18. The monoisotopic (exact) mass is 619 g/mol. The molecule has 0 saturated heterocycles. The summed E-state index contributed by atoms with van der Waals surface area (Å²) in [6, 6.07) is 16.8. The second-order valence-corrected chi connectivity index (χ2v) is 11.3. The molecule has 0 aliphatic heterocycles. The summed E-state index contributed by atoms with van der Waals surface area (Å²) in [5.74, 6) is -0.322. The van der Waals surface area contributed by atoms with Gasteiger partial charge in [0.2, 0.25) is 0 Å². The number of halogens is 5. The number of ether oxygens (including phenoxy) is 1. The average molecular weight is 620 g/mol. The number of hydrogen-bond donors (Lipinski definition) is 2. The lowest BCUT2D eigenvalue weighted by Gasteiger charge is -2.31. The minimum absolute atomic E-state index is 0.00425. The molecule has 4 rings (SSSR count). The first-order valence-electron chi connectivity index (χ1n) is 13.8. The summed E-state index contributed by atoms with van der Waals surface area (Å²) in [6.07, 6.45) is 4.00. The Labute approximate surface area is 254 Å². The molecule has 0 saturated carbocycles. The largest absolute Gasteiger partial charge is 0.491 e. The van der Waals surface area contributed by atoms with E-state index in [1.54, 1.807) is 12.1 Å². The van der Waals surface area contributed by atoms with Gasteiger partial charge in [0.05, 0.1) is 23.3 Å². The molecule has 1 aliphatic carbocycles. The number of aliphatic hydroxyl groups excluding tert-OH is 1. The van der Waals surface area contributed by atoms with Gasteiger partial charge in [-0.3, -0.25) is 4.90 Å². The second-order valence-electron chi connectivity index (χ2n) is 10.4. The molecule has 1 N–H and O–H groups in total. The molecule has 3 aromatic rings. The molecule has 0 fully saturated rings. The summed E-state index contributed by atoms with van der Waals surface area (Å²) >= 11 is 10.6. The van der Waals surface area contributed by atoms with Crippen molar-refractivity contribution in [3.63, 3.8) is 0 Å². The highest BCUT2D eigenvalue weighted by molar-refractivity contribution is 7.80. The molecule has 224 valence electrons. The summed E-state index contributed by atoms with van der Waals surface area (Å²) in [4.78, 5) is 2.39. The van der Waals surface area contributed by atoms with Crippen LogP contribution < -0.4 is 4.74 Å². The highest BCUT2D eigenvalue weighted by atomic mass is 35.5. The molecule has 0 radical (unpaired) electrons. The number of benzene rings is 3. The molecule has 0 bridgehead atoms. The van der Waals surface area contributed by atoms with Crippen molar-refractivity contribution in [2.24, 2.45) is 0 Å². The Morgan fingerprint density at radius 2 is 1.83 bits per heavy atom. The van der Waals surface area contributed by atoms with Crippen LogP contribution in [0.1, 0.15) is 54.4 Å². The zero-order valence-corrected chi connectivity index (χ0v) is 24.9. The van der Waals surface area contributed by atoms with Crippen molar-refractivity contribution in [2.45, 2.75) is 62.4 Å². The number of alkyl halides is 3. The molecule has 9 heteroatoms. The fourth-order valence-electron chi connectivity index (χ4n) is 5.11. The first kappa shape index (κ1) is 32.1. The molecule has 0 amide bonds. The second kappa shape index (κ2) is 14.6. The summed E-state index contributed by atoms with van der Waals surface area (Å²) in [7, 11) is 0. The Morgan fingerprint density at radius 3 is 2.48 bits per heavy atom. The van der Waals surface area contributed by atoms with Crippen molar-refractivity contribution in [2.75, 3.05) is 13.1 Å². The lowest BCUT2D eigenvalue weighted by atomic mass is 9.87. The van der Waals surface area contributed by atoms with Gasteiger partial charge in [0, 0.05) is 42.1 Å². The van der Waals surface area contributed by atoms with Crippen LogP contribution in [0.25, 0.3) is 0 Å². The Morgan fingerprint density at radius 1 is 1.07 bits per heavy atom. The molecule has 1 unspecified atom stereocenters. The third kappa shape index (κ3) is 8.40. The predicted molar refractivity (Wildman–Crippen MR) is 162 cm³/mol. The molecule has 0 heterocycles. The Bertz CT molecular complexity index is 1390. The van der Waals surface area contributed by atoms with Crippen molar-refractivity contribution in [1.29, 1.82) is 0 Å². The molecule has 42 heavy (non-hydrogen) atoms. The standard InChI is InChI=1S/C33H34ClF4NO2S/c1-22(41-26-17-30(35)28(21-40)31(42)18-26)15-16-39(19-25-13-8-14-29(32(25)34)33(36,37)38)20-27(23-9-4-2-5-10-23)24-11-6-3-7-12-24/h2,4-6,8-14,17-18,22,27,40,42H,3,7,15-16,19-21H2,1H3/t22-,27?/m0/s1. The van der Waals surface area contributed by atoms with Crippen molar-refractivity contribution in [3.8, 4) is 5.75 Å². The highest BCUT2D eigenvalue weighted by Gasteiger charge is 2.34. The number of rotatable bonds is 12. The number of allylic oxidation sites excluding steroid dienone is 3. The van der Waals surface area contributed by atoms with E-state index < -0.39 is 24.2 Å². The Balaban J connectivity index is 1.59. The topological polar surface area (TPSA) is 32.7 Å². The Hall–Kier alpha value is -2.78. The predicted octanol–water partition coefficient (Wildman–Crippen LogP) is 9.00. The van der Waals surface area contributed by atoms with Gasteiger partial charge < -0.3 is 9.84 Å². The maximum absolute atomic E-state index is 14.4. The van der Waals surface area contributed by atoms with Crippen molar-refractivity contribution >= 4 is 24.2 Å². The van der Waals surface area contributed by atoms with E-state index in [1.807, 2.05) is 25.1 Å². The molecule has 0 spiro atoms. The zero-order chi connectivity index (χ0) is 30.3. The van der Waals surface area contributed by atoms with Gasteiger partial charge in [0.25, 0.3) is 0 Å². The maximum Gasteiger partial charge on any atom is 0.417 e. The van der Waals surface area contributed by atoms with Gasteiger partial charge in [-0.05, 0) is 55.0 Å². The minimum atomic E-state index is -4.56. The van der Waals surface area contributed by atoms with Crippen LogP contribution in [0.2, 0.25) is 5.02 Å².